The van der Waals surface area contributed by atoms with Gasteiger partial charge in [0, 0.05) is 18.0 Å². The summed E-state index contributed by atoms with van der Waals surface area (Å²) in [5.74, 6) is 2.82. The molecular formula is C11H21ClN2OS. The summed E-state index contributed by atoms with van der Waals surface area (Å²) < 4.78 is 0. The monoisotopic (exact) mass is 264 g/mol. The van der Waals surface area contributed by atoms with Gasteiger partial charge in [0.2, 0.25) is 5.91 Å². The van der Waals surface area contributed by atoms with Crippen molar-refractivity contribution in [2.75, 3.05) is 11.5 Å². The van der Waals surface area contributed by atoms with Crippen molar-refractivity contribution in [2.24, 2.45) is 11.7 Å². The molecule has 0 radical (unpaired) electrons. The minimum Gasteiger partial charge on any atom is -0.353 e. The van der Waals surface area contributed by atoms with Gasteiger partial charge in [-0.2, -0.15) is 11.8 Å². The smallest absolute Gasteiger partial charge is 0.223 e. The first kappa shape index (κ1) is 14.1. The van der Waals surface area contributed by atoms with Gasteiger partial charge >= 0.3 is 0 Å². The second-order valence-electron chi connectivity index (χ2n) is 4.67. The summed E-state index contributed by atoms with van der Waals surface area (Å²) in [6.07, 6.45) is 5.14. The molecule has 2 rings (SSSR count). The minimum atomic E-state index is 0. The van der Waals surface area contributed by atoms with Gasteiger partial charge in [0.05, 0.1) is 0 Å². The number of hydrogen-bond donors (Lipinski definition) is 2. The van der Waals surface area contributed by atoms with Crippen molar-refractivity contribution >= 4 is 30.1 Å². The Labute approximate surface area is 108 Å². The molecule has 1 saturated carbocycles. The van der Waals surface area contributed by atoms with Crippen molar-refractivity contribution in [3.05, 3.63) is 0 Å². The Morgan fingerprint density at radius 3 is 2.44 bits per heavy atom. The van der Waals surface area contributed by atoms with Gasteiger partial charge in [-0.25, -0.2) is 0 Å². The summed E-state index contributed by atoms with van der Waals surface area (Å²) in [6, 6.07) is 0.679. The molecule has 0 bridgehead atoms. The molecule has 0 aromatic carbocycles. The van der Waals surface area contributed by atoms with E-state index in [9.17, 15) is 4.79 Å². The second-order valence-corrected chi connectivity index (χ2v) is 5.89. The number of thioether (sulfide) groups is 1. The molecule has 3 nitrogen and oxygen atoms in total. The fourth-order valence-corrected chi connectivity index (χ4v) is 3.52. The molecular weight excluding hydrogens is 244 g/mol. The minimum absolute atomic E-state index is 0. The van der Waals surface area contributed by atoms with Gasteiger partial charge < -0.3 is 11.1 Å². The van der Waals surface area contributed by atoms with Crippen LogP contribution in [0.3, 0.4) is 0 Å². The highest BCUT2D eigenvalue weighted by molar-refractivity contribution is 7.99. The summed E-state index contributed by atoms with van der Waals surface area (Å²) in [5.41, 5.74) is 5.81. The van der Waals surface area contributed by atoms with E-state index in [1.54, 1.807) is 0 Å². The quantitative estimate of drug-likeness (QED) is 0.796. The summed E-state index contributed by atoms with van der Waals surface area (Å²) in [6.45, 7) is 0. The van der Waals surface area contributed by atoms with E-state index in [4.69, 9.17) is 5.73 Å². The van der Waals surface area contributed by atoms with Crippen LogP contribution >= 0.6 is 24.2 Å². The van der Waals surface area contributed by atoms with Crippen LogP contribution in [0.15, 0.2) is 0 Å². The Balaban J connectivity index is 0.00000128. The fraction of sp³-hybridized carbons (Fsp3) is 0.909. The zero-order chi connectivity index (χ0) is 10.7. The average Bonchev–Trinajstić information content (AvgIpc) is 2.66. The largest absolute Gasteiger partial charge is 0.353 e. The normalized spacial score (nSPS) is 30.8. The summed E-state index contributed by atoms with van der Waals surface area (Å²) in [5, 5.41) is 3.17. The Morgan fingerprint density at radius 2 is 1.88 bits per heavy atom. The summed E-state index contributed by atoms with van der Waals surface area (Å²) in [7, 11) is 0. The molecule has 1 aliphatic heterocycles. The highest BCUT2D eigenvalue weighted by Crippen LogP contribution is 2.25. The third-order valence-corrected chi connectivity index (χ3v) is 4.46. The molecule has 0 aromatic heterocycles. The van der Waals surface area contributed by atoms with Gasteiger partial charge in [-0.1, -0.05) is 0 Å². The van der Waals surface area contributed by atoms with Crippen molar-refractivity contribution in [1.82, 2.24) is 5.32 Å². The third kappa shape index (κ3) is 3.82. The zero-order valence-electron chi connectivity index (χ0n) is 9.48. The lowest BCUT2D eigenvalue weighted by molar-refractivity contribution is -0.125. The Bertz CT molecular complexity index is 234. The van der Waals surface area contributed by atoms with Gasteiger partial charge in [0.1, 0.15) is 0 Å². The molecule has 2 fully saturated rings. The molecule has 1 saturated heterocycles. The van der Waals surface area contributed by atoms with E-state index in [-0.39, 0.29) is 30.3 Å². The van der Waals surface area contributed by atoms with Crippen LogP contribution in [0.1, 0.15) is 32.1 Å². The van der Waals surface area contributed by atoms with Crippen molar-refractivity contribution in [3.63, 3.8) is 0 Å². The van der Waals surface area contributed by atoms with E-state index in [2.05, 4.69) is 5.32 Å². The van der Waals surface area contributed by atoms with Gasteiger partial charge in [0.25, 0.3) is 0 Å². The van der Waals surface area contributed by atoms with Crippen LogP contribution < -0.4 is 11.1 Å². The standard InChI is InChI=1S/C11H20N2OS.ClH/c12-9-2-1-8(7-9)11(14)13-10-3-5-15-6-4-10;/h8-10H,1-7,12H2,(H,13,14);1H. The van der Waals surface area contributed by atoms with E-state index < -0.39 is 0 Å². The third-order valence-electron chi connectivity index (χ3n) is 3.41. The first-order valence-corrected chi connectivity index (χ1v) is 7.05. The van der Waals surface area contributed by atoms with E-state index in [1.807, 2.05) is 11.8 Å². The van der Waals surface area contributed by atoms with Crippen molar-refractivity contribution in [3.8, 4) is 0 Å². The lowest BCUT2D eigenvalue weighted by Crippen LogP contribution is -2.40. The number of hydrogen-bond acceptors (Lipinski definition) is 3. The molecule has 0 spiro atoms. The van der Waals surface area contributed by atoms with Gasteiger partial charge in [-0.15, -0.1) is 12.4 Å². The van der Waals surface area contributed by atoms with Crippen LogP contribution in [0.2, 0.25) is 0 Å². The van der Waals surface area contributed by atoms with E-state index in [0.29, 0.717) is 6.04 Å². The fourth-order valence-electron chi connectivity index (χ4n) is 2.42. The van der Waals surface area contributed by atoms with Gasteiger partial charge in [0.15, 0.2) is 0 Å². The van der Waals surface area contributed by atoms with Crippen molar-refractivity contribution < 1.29 is 4.79 Å². The molecule has 2 atom stereocenters. The molecule has 0 aromatic rings. The first-order valence-electron chi connectivity index (χ1n) is 5.89. The van der Waals surface area contributed by atoms with E-state index in [1.165, 1.54) is 11.5 Å². The summed E-state index contributed by atoms with van der Waals surface area (Å²) >= 11 is 1.99. The van der Waals surface area contributed by atoms with Crippen LogP contribution in [-0.2, 0) is 4.79 Å². The van der Waals surface area contributed by atoms with Gasteiger partial charge in [-0.05, 0) is 43.6 Å². The van der Waals surface area contributed by atoms with Crippen LogP contribution in [0.4, 0.5) is 0 Å². The van der Waals surface area contributed by atoms with Crippen molar-refractivity contribution in [1.29, 1.82) is 0 Å². The Kier molecular flexibility index (Phi) is 5.94. The lowest BCUT2D eigenvalue weighted by atomic mass is 10.1. The number of halogens is 1. The molecule has 2 unspecified atom stereocenters. The predicted octanol–water partition coefficient (Wildman–Crippen LogP) is 1.55. The number of rotatable bonds is 2. The number of amides is 1. The molecule has 2 aliphatic rings. The molecule has 16 heavy (non-hydrogen) atoms. The predicted molar refractivity (Wildman–Crippen MR) is 71.1 cm³/mol. The number of carbonyl (C=O) groups is 1. The van der Waals surface area contributed by atoms with Crippen LogP contribution in [0, 0.1) is 5.92 Å². The number of nitrogens with one attached hydrogen (secondary N) is 1. The highest BCUT2D eigenvalue weighted by atomic mass is 35.5. The maximum absolute atomic E-state index is 11.9. The second kappa shape index (κ2) is 6.72. The van der Waals surface area contributed by atoms with Crippen molar-refractivity contribution in [2.45, 2.75) is 44.2 Å². The van der Waals surface area contributed by atoms with Crippen LogP contribution in [0.25, 0.3) is 0 Å². The first-order chi connectivity index (χ1) is 7.25. The molecule has 1 heterocycles. The average molecular weight is 265 g/mol. The summed E-state index contributed by atoms with van der Waals surface area (Å²) in [4.78, 5) is 11.9. The molecule has 3 N–H and O–H groups in total. The maximum atomic E-state index is 11.9. The highest BCUT2D eigenvalue weighted by Gasteiger charge is 2.29. The molecule has 1 aliphatic carbocycles. The molecule has 1 amide bonds. The maximum Gasteiger partial charge on any atom is 0.223 e. The van der Waals surface area contributed by atoms with Crippen LogP contribution in [0.5, 0.6) is 0 Å². The van der Waals surface area contributed by atoms with E-state index in [0.717, 1.165) is 32.1 Å². The Morgan fingerprint density at radius 1 is 1.19 bits per heavy atom. The van der Waals surface area contributed by atoms with Gasteiger partial charge in [-0.3, -0.25) is 4.79 Å². The van der Waals surface area contributed by atoms with Crippen LogP contribution in [-0.4, -0.2) is 29.5 Å². The Hall–Kier alpha value is 0.0700. The zero-order valence-corrected chi connectivity index (χ0v) is 11.1. The number of carbonyl (C=O) groups excluding carboxylic acids is 1. The number of nitrogens with two attached hydrogens (primary N) is 1. The molecule has 94 valence electrons. The SMILES string of the molecule is Cl.NC1CCC(C(=O)NC2CCSCC2)C1. The lowest BCUT2D eigenvalue weighted by Gasteiger charge is -2.24. The molecule has 5 heteroatoms. The topological polar surface area (TPSA) is 55.1 Å². The van der Waals surface area contributed by atoms with E-state index >= 15 is 0 Å².